The Hall–Kier alpha value is -2.14. The highest BCUT2D eigenvalue weighted by Crippen LogP contribution is 2.19. The number of aliphatic hydroxyl groups excluding tert-OH is 1. The van der Waals surface area contributed by atoms with Gasteiger partial charge < -0.3 is 14.9 Å². The molecule has 5 heteroatoms. The molecule has 2 atom stereocenters. The quantitative estimate of drug-likeness (QED) is 0.876. The standard InChI is InChI=1S/C15H18N2O3/c1-10(8-11(2)18)16-15(19)13-9-14(20-17-13)12-6-4-3-5-7-12/h3-7,9-11,18H,8H2,1-2H3,(H,16,19). The molecule has 2 aromatic rings. The molecule has 1 aromatic heterocycles. The molecular formula is C15H18N2O3. The van der Waals surface area contributed by atoms with Gasteiger partial charge in [-0.2, -0.15) is 0 Å². The van der Waals surface area contributed by atoms with Crippen LogP contribution in [0.25, 0.3) is 11.3 Å². The molecule has 1 aromatic carbocycles. The number of nitrogens with zero attached hydrogens (tertiary/aromatic N) is 1. The normalized spacial score (nSPS) is 13.8. The lowest BCUT2D eigenvalue weighted by atomic mass is 10.1. The van der Waals surface area contributed by atoms with E-state index in [1.54, 1.807) is 13.0 Å². The molecule has 0 radical (unpaired) electrons. The first-order valence-corrected chi connectivity index (χ1v) is 6.57. The molecule has 0 bridgehead atoms. The fourth-order valence-corrected chi connectivity index (χ4v) is 1.99. The van der Waals surface area contributed by atoms with Crippen LogP contribution in [0, 0.1) is 0 Å². The van der Waals surface area contributed by atoms with Gasteiger partial charge in [-0.05, 0) is 20.3 Å². The number of hydrogen-bond acceptors (Lipinski definition) is 4. The number of amides is 1. The van der Waals surface area contributed by atoms with Gasteiger partial charge in [0, 0.05) is 17.7 Å². The molecule has 1 heterocycles. The molecule has 5 nitrogen and oxygen atoms in total. The zero-order valence-electron chi connectivity index (χ0n) is 11.5. The molecule has 2 rings (SSSR count). The number of aromatic nitrogens is 1. The van der Waals surface area contributed by atoms with Crippen molar-refractivity contribution in [3.05, 3.63) is 42.1 Å². The van der Waals surface area contributed by atoms with E-state index >= 15 is 0 Å². The molecule has 0 saturated heterocycles. The first-order valence-electron chi connectivity index (χ1n) is 6.57. The average Bonchev–Trinajstić information content (AvgIpc) is 2.88. The molecular weight excluding hydrogens is 256 g/mol. The Morgan fingerprint density at radius 3 is 2.70 bits per heavy atom. The van der Waals surface area contributed by atoms with E-state index < -0.39 is 6.10 Å². The summed E-state index contributed by atoms with van der Waals surface area (Å²) in [6, 6.07) is 10.9. The number of rotatable bonds is 5. The molecule has 2 N–H and O–H groups in total. The predicted octanol–water partition coefficient (Wildman–Crippen LogP) is 2.23. The van der Waals surface area contributed by atoms with Crippen LogP contribution in [0.4, 0.5) is 0 Å². The van der Waals surface area contributed by atoms with Crippen molar-refractivity contribution in [3.63, 3.8) is 0 Å². The third-order valence-electron chi connectivity index (χ3n) is 2.87. The summed E-state index contributed by atoms with van der Waals surface area (Å²) in [5, 5.41) is 15.8. The molecule has 2 unspecified atom stereocenters. The Morgan fingerprint density at radius 2 is 2.05 bits per heavy atom. The van der Waals surface area contributed by atoms with Crippen molar-refractivity contribution < 1.29 is 14.4 Å². The van der Waals surface area contributed by atoms with Crippen LogP contribution in [0.5, 0.6) is 0 Å². The maximum Gasteiger partial charge on any atom is 0.273 e. The van der Waals surface area contributed by atoms with Crippen LogP contribution in [0.1, 0.15) is 30.8 Å². The van der Waals surface area contributed by atoms with Gasteiger partial charge in [0.05, 0.1) is 6.10 Å². The van der Waals surface area contributed by atoms with Gasteiger partial charge in [-0.25, -0.2) is 0 Å². The summed E-state index contributed by atoms with van der Waals surface area (Å²) in [5.41, 5.74) is 1.11. The van der Waals surface area contributed by atoms with E-state index in [2.05, 4.69) is 10.5 Å². The second-order valence-corrected chi connectivity index (χ2v) is 4.90. The third-order valence-corrected chi connectivity index (χ3v) is 2.87. The van der Waals surface area contributed by atoms with Gasteiger partial charge in [0.25, 0.3) is 5.91 Å². The molecule has 0 spiro atoms. The van der Waals surface area contributed by atoms with Crippen molar-refractivity contribution in [1.29, 1.82) is 0 Å². The monoisotopic (exact) mass is 274 g/mol. The lowest BCUT2D eigenvalue weighted by molar-refractivity contribution is 0.0914. The second kappa shape index (κ2) is 6.34. The second-order valence-electron chi connectivity index (χ2n) is 4.90. The van der Waals surface area contributed by atoms with Gasteiger partial charge in [-0.3, -0.25) is 4.79 Å². The fourth-order valence-electron chi connectivity index (χ4n) is 1.99. The zero-order chi connectivity index (χ0) is 14.5. The molecule has 0 aliphatic rings. The Morgan fingerprint density at radius 1 is 1.35 bits per heavy atom. The van der Waals surface area contributed by atoms with E-state index in [0.29, 0.717) is 12.2 Å². The lowest BCUT2D eigenvalue weighted by Crippen LogP contribution is -2.34. The number of hydrogen-bond donors (Lipinski definition) is 2. The Labute approximate surface area is 117 Å². The van der Waals surface area contributed by atoms with Crippen LogP contribution in [0.2, 0.25) is 0 Å². The van der Waals surface area contributed by atoms with Crippen molar-refractivity contribution in [2.24, 2.45) is 0 Å². The van der Waals surface area contributed by atoms with Gasteiger partial charge in [-0.15, -0.1) is 0 Å². The molecule has 0 aliphatic heterocycles. The number of benzene rings is 1. The minimum absolute atomic E-state index is 0.126. The van der Waals surface area contributed by atoms with Crippen molar-refractivity contribution >= 4 is 5.91 Å². The molecule has 0 aliphatic carbocycles. The fraction of sp³-hybridized carbons (Fsp3) is 0.333. The van der Waals surface area contributed by atoms with E-state index in [0.717, 1.165) is 5.56 Å². The van der Waals surface area contributed by atoms with Gasteiger partial charge in [-0.1, -0.05) is 35.5 Å². The van der Waals surface area contributed by atoms with E-state index in [1.165, 1.54) is 0 Å². The third kappa shape index (κ3) is 3.68. The summed E-state index contributed by atoms with van der Waals surface area (Å²) in [6.45, 7) is 3.52. The van der Waals surface area contributed by atoms with Crippen LogP contribution in [-0.4, -0.2) is 28.3 Å². The van der Waals surface area contributed by atoms with Gasteiger partial charge in [0.15, 0.2) is 11.5 Å². The molecule has 20 heavy (non-hydrogen) atoms. The van der Waals surface area contributed by atoms with E-state index in [9.17, 15) is 9.90 Å². The smallest absolute Gasteiger partial charge is 0.273 e. The summed E-state index contributed by atoms with van der Waals surface area (Å²) < 4.78 is 5.17. The maximum absolute atomic E-state index is 12.0. The van der Waals surface area contributed by atoms with Crippen LogP contribution in [0.3, 0.4) is 0 Å². The topological polar surface area (TPSA) is 75.4 Å². The van der Waals surface area contributed by atoms with Crippen LogP contribution in [0.15, 0.2) is 40.9 Å². The first kappa shape index (κ1) is 14.3. The van der Waals surface area contributed by atoms with Crippen LogP contribution >= 0.6 is 0 Å². The van der Waals surface area contributed by atoms with Crippen molar-refractivity contribution in [2.75, 3.05) is 0 Å². The van der Waals surface area contributed by atoms with Gasteiger partial charge in [0.1, 0.15) is 0 Å². The van der Waals surface area contributed by atoms with E-state index in [4.69, 9.17) is 4.52 Å². The summed E-state index contributed by atoms with van der Waals surface area (Å²) in [6.07, 6.45) is 0.0391. The SMILES string of the molecule is CC(O)CC(C)NC(=O)c1cc(-c2ccccc2)on1. The Balaban J connectivity index is 2.04. The highest BCUT2D eigenvalue weighted by atomic mass is 16.5. The summed E-state index contributed by atoms with van der Waals surface area (Å²) in [5.74, 6) is 0.253. The van der Waals surface area contributed by atoms with E-state index in [-0.39, 0.29) is 17.6 Å². The molecule has 0 saturated carbocycles. The largest absolute Gasteiger partial charge is 0.393 e. The maximum atomic E-state index is 12.0. The van der Waals surface area contributed by atoms with Crippen LogP contribution in [-0.2, 0) is 0 Å². The summed E-state index contributed by atoms with van der Waals surface area (Å²) in [7, 11) is 0. The summed E-state index contributed by atoms with van der Waals surface area (Å²) >= 11 is 0. The highest BCUT2D eigenvalue weighted by molar-refractivity contribution is 5.93. The van der Waals surface area contributed by atoms with Crippen LogP contribution < -0.4 is 5.32 Å². The highest BCUT2D eigenvalue weighted by Gasteiger charge is 2.16. The number of nitrogens with one attached hydrogen (secondary N) is 1. The van der Waals surface area contributed by atoms with Gasteiger partial charge >= 0.3 is 0 Å². The lowest BCUT2D eigenvalue weighted by Gasteiger charge is -2.14. The molecule has 0 fully saturated rings. The summed E-state index contributed by atoms with van der Waals surface area (Å²) in [4.78, 5) is 12.0. The first-order chi connectivity index (χ1) is 9.56. The predicted molar refractivity (Wildman–Crippen MR) is 75.2 cm³/mol. The van der Waals surface area contributed by atoms with E-state index in [1.807, 2.05) is 37.3 Å². The van der Waals surface area contributed by atoms with Crippen molar-refractivity contribution in [2.45, 2.75) is 32.4 Å². The average molecular weight is 274 g/mol. The number of aliphatic hydroxyl groups is 1. The van der Waals surface area contributed by atoms with Crippen molar-refractivity contribution in [1.82, 2.24) is 10.5 Å². The van der Waals surface area contributed by atoms with Crippen molar-refractivity contribution in [3.8, 4) is 11.3 Å². The van der Waals surface area contributed by atoms with Gasteiger partial charge in [0.2, 0.25) is 0 Å². The minimum atomic E-state index is -0.456. The number of carbonyl (C=O) groups excluding carboxylic acids is 1. The molecule has 106 valence electrons. The zero-order valence-corrected chi connectivity index (χ0v) is 11.5. The minimum Gasteiger partial charge on any atom is -0.393 e. The number of carbonyl (C=O) groups is 1. The molecule has 1 amide bonds. The Bertz CT molecular complexity index is 564. The Kier molecular flexibility index (Phi) is 4.53.